The molecule has 5 heteroatoms. The number of nitrogens with one attached hydrogen (secondary N) is 1. The Kier molecular flexibility index (Phi) is 6.80. The molecule has 0 saturated carbocycles. The standard InChI is InChI=1S/C30H40N2O3/c1-20(2)19-34-25-7-5-6-22(17-25)23-8-9-26-24(16-23)10-13-30(3,4)28(26)31-29(33)35-27-18-32-14-11-21(27)12-15-32/h5-9,16-17,20-21,27-28H,10-15,18-19H2,1-4H3,(H,31,33)/t27-,28-/m0/s1. The van der Waals surface area contributed by atoms with E-state index in [1.54, 1.807) is 0 Å². The van der Waals surface area contributed by atoms with Crippen molar-refractivity contribution in [1.29, 1.82) is 0 Å². The molecule has 1 aliphatic carbocycles. The van der Waals surface area contributed by atoms with E-state index in [2.05, 4.69) is 74.3 Å². The van der Waals surface area contributed by atoms with Crippen LogP contribution in [0.15, 0.2) is 42.5 Å². The van der Waals surface area contributed by atoms with Crippen molar-refractivity contribution < 1.29 is 14.3 Å². The van der Waals surface area contributed by atoms with Crippen molar-refractivity contribution in [3.05, 3.63) is 53.6 Å². The first-order valence-electron chi connectivity index (χ1n) is 13.3. The zero-order valence-corrected chi connectivity index (χ0v) is 21.7. The smallest absolute Gasteiger partial charge is 0.407 e. The molecule has 4 aliphatic rings. The van der Waals surface area contributed by atoms with Crippen LogP contribution in [0.1, 0.15) is 64.1 Å². The van der Waals surface area contributed by atoms with E-state index < -0.39 is 0 Å². The molecule has 3 heterocycles. The van der Waals surface area contributed by atoms with E-state index in [4.69, 9.17) is 9.47 Å². The number of carbonyl (C=O) groups is 1. The van der Waals surface area contributed by atoms with Gasteiger partial charge in [-0.3, -0.25) is 4.90 Å². The Bertz CT molecular complexity index is 1060. The molecule has 5 nitrogen and oxygen atoms in total. The first-order valence-corrected chi connectivity index (χ1v) is 13.3. The maximum absolute atomic E-state index is 13.0. The van der Waals surface area contributed by atoms with Gasteiger partial charge in [-0.25, -0.2) is 4.79 Å². The summed E-state index contributed by atoms with van der Waals surface area (Å²) in [5.41, 5.74) is 4.83. The van der Waals surface area contributed by atoms with E-state index in [1.807, 2.05) is 6.07 Å². The van der Waals surface area contributed by atoms with Crippen molar-refractivity contribution in [2.45, 2.75) is 65.5 Å². The van der Waals surface area contributed by atoms with Crippen LogP contribution in [0.5, 0.6) is 5.75 Å². The lowest BCUT2D eigenvalue weighted by Gasteiger charge is -2.44. The van der Waals surface area contributed by atoms with Gasteiger partial charge in [0.1, 0.15) is 11.9 Å². The Labute approximate surface area is 210 Å². The van der Waals surface area contributed by atoms with E-state index in [1.165, 1.54) is 16.7 Å². The summed E-state index contributed by atoms with van der Waals surface area (Å²) in [4.78, 5) is 15.4. The first kappa shape index (κ1) is 24.2. The summed E-state index contributed by atoms with van der Waals surface area (Å²) >= 11 is 0. The predicted molar refractivity (Wildman–Crippen MR) is 140 cm³/mol. The number of hydrogen-bond donors (Lipinski definition) is 1. The SMILES string of the molecule is CC(C)COc1cccc(-c2ccc3c(c2)CCC(C)(C)[C@H]3NC(=O)O[C@H]2CN3CCC2CC3)c1. The summed E-state index contributed by atoms with van der Waals surface area (Å²) in [6.07, 6.45) is 4.06. The summed E-state index contributed by atoms with van der Waals surface area (Å²) in [5, 5.41) is 3.27. The van der Waals surface area contributed by atoms with Crippen LogP contribution in [0.3, 0.4) is 0 Å². The Morgan fingerprint density at radius 3 is 2.60 bits per heavy atom. The number of rotatable bonds is 6. The van der Waals surface area contributed by atoms with Crippen molar-refractivity contribution in [2.75, 3.05) is 26.2 Å². The number of fused-ring (bicyclic) bond motifs is 4. The summed E-state index contributed by atoms with van der Waals surface area (Å²) < 4.78 is 11.9. The summed E-state index contributed by atoms with van der Waals surface area (Å²) in [6, 6.07) is 14.9. The molecule has 0 radical (unpaired) electrons. The second-order valence-corrected chi connectivity index (χ2v) is 11.8. The van der Waals surface area contributed by atoms with Crippen LogP contribution < -0.4 is 10.1 Å². The van der Waals surface area contributed by atoms with Crippen LogP contribution in [-0.2, 0) is 11.2 Å². The van der Waals surface area contributed by atoms with Gasteiger partial charge in [0, 0.05) is 6.54 Å². The van der Waals surface area contributed by atoms with Crippen molar-refractivity contribution in [1.82, 2.24) is 10.2 Å². The molecule has 0 unspecified atom stereocenters. The molecular formula is C30H40N2O3. The highest BCUT2D eigenvalue weighted by molar-refractivity contribution is 5.70. The maximum atomic E-state index is 13.0. The van der Waals surface area contributed by atoms with Crippen molar-refractivity contribution in [3.63, 3.8) is 0 Å². The number of hydrogen-bond acceptors (Lipinski definition) is 4. The lowest BCUT2D eigenvalue weighted by Crippen LogP contribution is -2.53. The van der Waals surface area contributed by atoms with Gasteiger partial charge < -0.3 is 14.8 Å². The van der Waals surface area contributed by atoms with Gasteiger partial charge >= 0.3 is 6.09 Å². The molecule has 3 fully saturated rings. The van der Waals surface area contributed by atoms with Crippen molar-refractivity contribution in [2.24, 2.45) is 17.3 Å². The van der Waals surface area contributed by atoms with E-state index in [0.717, 1.165) is 56.6 Å². The largest absolute Gasteiger partial charge is 0.493 e. The van der Waals surface area contributed by atoms with Crippen LogP contribution in [0.4, 0.5) is 4.79 Å². The average Bonchev–Trinajstić information content (AvgIpc) is 2.85. The summed E-state index contributed by atoms with van der Waals surface area (Å²) in [6.45, 7) is 12.7. The third kappa shape index (κ3) is 5.35. The van der Waals surface area contributed by atoms with Gasteiger partial charge in [0.05, 0.1) is 12.6 Å². The third-order valence-electron chi connectivity index (χ3n) is 8.14. The molecule has 188 valence electrons. The van der Waals surface area contributed by atoms with Crippen molar-refractivity contribution >= 4 is 6.09 Å². The lowest BCUT2D eigenvalue weighted by atomic mass is 9.70. The Morgan fingerprint density at radius 2 is 1.89 bits per heavy atom. The van der Waals surface area contributed by atoms with Crippen LogP contribution >= 0.6 is 0 Å². The highest BCUT2D eigenvalue weighted by atomic mass is 16.6. The minimum atomic E-state index is -0.270. The maximum Gasteiger partial charge on any atom is 0.407 e. The molecule has 6 rings (SSSR count). The normalized spacial score (nSPS) is 26.8. The summed E-state index contributed by atoms with van der Waals surface area (Å²) in [5.74, 6) is 1.91. The highest BCUT2D eigenvalue weighted by Crippen LogP contribution is 2.44. The van der Waals surface area contributed by atoms with Gasteiger partial charge in [0.25, 0.3) is 0 Å². The van der Waals surface area contributed by atoms with Crippen LogP contribution in [0.2, 0.25) is 0 Å². The molecule has 3 saturated heterocycles. The zero-order chi connectivity index (χ0) is 24.6. The van der Waals surface area contributed by atoms with Gasteiger partial charge in [-0.05, 0) is 90.4 Å². The molecule has 2 atom stereocenters. The number of nitrogens with zero attached hydrogens (tertiary/aromatic N) is 1. The van der Waals surface area contributed by atoms with E-state index in [-0.39, 0.29) is 23.7 Å². The molecule has 0 aromatic heterocycles. The lowest BCUT2D eigenvalue weighted by molar-refractivity contribution is -0.0353. The third-order valence-corrected chi connectivity index (χ3v) is 8.14. The van der Waals surface area contributed by atoms with E-state index >= 15 is 0 Å². The highest BCUT2D eigenvalue weighted by Gasteiger charge is 2.40. The number of amides is 1. The van der Waals surface area contributed by atoms with Crippen LogP contribution in [0, 0.1) is 17.3 Å². The first-order chi connectivity index (χ1) is 16.8. The van der Waals surface area contributed by atoms with Gasteiger partial charge in [0.15, 0.2) is 0 Å². The van der Waals surface area contributed by atoms with Crippen molar-refractivity contribution in [3.8, 4) is 16.9 Å². The number of piperidine rings is 3. The molecular weight excluding hydrogens is 436 g/mol. The molecule has 3 aliphatic heterocycles. The molecule has 2 aromatic rings. The van der Waals surface area contributed by atoms with Crippen LogP contribution in [-0.4, -0.2) is 43.3 Å². The van der Waals surface area contributed by atoms with Gasteiger partial charge in [-0.2, -0.15) is 0 Å². The monoisotopic (exact) mass is 476 g/mol. The number of ether oxygens (including phenoxy) is 2. The van der Waals surface area contributed by atoms with E-state index in [9.17, 15) is 4.79 Å². The fourth-order valence-electron chi connectivity index (χ4n) is 5.94. The fraction of sp³-hybridized carbons (Fsp3) is 0.567. The number of benzene rings is 2. The fourth-order valence-corrected chi connectivity index (χ4v) is 5.94. The van der Waals surface area contributed by atoms with E-state index in [0.29, 0.717) is 18.4 Å². The quantitative estimate of drug-likeness (QED) is 0.538. The molecule has 2 bridgehead atoms. The predicted octanol–water partition coefficient (Wildman–Crippen LogP) is 6.22. The van der Waals surface area contributed by atoms with Crippen LogP contribution in [0.25, 0.3) is 11.1 Å². The summed E-state index contributed by atoms with van der Waals surface area (Å²) in [7, 11) is 0. The number of aryl methyl sites for hydroxylation is 1. The topological polar surface area (TPSA) is 50.8 Å². The molecule has 1 N–H and O–H groups in total. The Balaban J connectivity index is 1.32. The second-order valence-electron chi connectivity index (χ2n) is 11.8. The van der Waals surface area contributed by atoms with Gasteiger partial charge in [0.2, 0.25) is 0 Å². The minimum Gasteiger partial charge on any atom is -0.493 e. The van der Waals surface area contributed by atoms with Gasteiger partial charge in [-0.1, -0.05) is 58.0 Å². The molecule has 1 amide bonds. The van der Waals surface area contributed by atoms with Gasteiger partial charge in [-0.15, -0.1) is 0 Å². The molecule has 35 heavy (non-hydrogen) atoms. The Hall–Kier alpha value is -2.53. The second kappa shape index (κ2) is 9.85. The minimum absolute atomic E-state index is 0.0243. The molecule has 0 spiro atoms. The average molecular weight is 477 g/mol. The zero-order valence-electron chi connectivity index (χ0n) is 21.7. The number of carbonyl (C=O) groups excluding carboxylic acids is 1. The Morgan fingerprint density at radius 1 is 1.11 bits per heavy atom. The molecule has 2 aromatic carbocycles. The number of alkyl carbamates (subject to hydrolysis) is 1.